The lowest BCUT2D eigenvalue weighted by atomic mass is 9.87. The van der Waals surface area contributed by atoms with E-state index in [-0.39, 0.29) is 35.6 Å². The Morgan fingerprint density at radius 1 is 1.02 bits per heavy atom. The van der Waals surface area contributed by atoms with E-state index in [2.05, 4.69) is 35.0 Å². The number of hydrogen-bond donors (Lipinski definition) is 1. The summed E-state index contributed by atoms with van der Waals surface area (Å²) in [5, 5.41) is 12.6. The SMILES string of the molecule is CCc1cccc2c(C(CC(=O)N3CCN(Cc4ccc5c(c4)OCO5)CC3)c3cccc([N+](=O)[O-])c3)c[nH]c12. The van der Waals surface area contributed by atoms with Gasteiger partial charge in [-0.25, -0.2) is 0 Å². The number of aryl methyl sites for hydroxylation is 1. The molecule has 9 nitrogen and oxygen atoms in total. The van der Waals surface area contributed by atoms with Gasteiger partial charge >= 0.3 is 0 Å². The van der Waals surface area contributed by atoms with Gasteiger partial charge in [-0.1, -0.05) is 43.3 Å². The number of carbonyl (C=O) groups excluding carboxylic acids is 1. The Labute approximate surface area is 232 Å². The van der Waals surface area contributed by atoms with E-state index < -0.39 is 0 Å². The van der Waals surface area contributed by atoms with Crippen molar-refractivity contribution in [1.82, 2.24) is 14.8 Å². The third-order valence-corrected chi connectivity index (χ3v) is 8.02. The van der Waals surface area contributed by atoms with Crippen LogP contribution in [-0.4, -0.2) is 58.6 Å². The maximum absolute atomic E-state index is 13.7. The van der Waals surface area contributed by atoms with E-state index in [1.165, 1.54) is 11.6 Å². The van der Waals surface area contributed by atoms with Gasteiger partial charge in [0, 0.05) is 74.3 Å². The Bertz CT molecular complexity index is 1560. The smallest absolute Gasteiger partial charge is 0.269 e. The Kier molecular flexibility index (Phi) is 7.13. The van der Waals surface area contributed by atoms with Crippen LogP contribution in [0.2, 0.25) is 0 Å². The summed E-state index contributed by atoms with van der Waals surface area (Å²) >= 11 is 0. The van der Waals surface area contributed by atoms with Crippen molar-refractivity contribution in [1.29, 1.82) is 0 Å². The zero-order chi connectivity index (χ0) is 27.6. The number of benzene rings is 3. The van der Waals surface area contributed by atoms with E-state index in [0.29, 0.717) is 13.1 Å². The summed E-state index contributed by atoms with van der Waals surface area (Å²) in [7, 11) is 0. The van der Waals surface area contributed by atoms with Gasteiger partial charge in [0.25, 0.3) is 5.69 Å². The first-order valence-electron chi connectivity index (χ1n) is 13.7. The van der Waals surface area contributed by atoms with E-state index in [0.717, 1.165) is 65.1 Å². The molecule has 0 spiro atoms. The van der Waals surface area contributed by atoms with Crippen LogP contribution in [0.5, 0.6) is 11.5 Å². The summed E-state index contributed by atoms with van der Waals surface area (Å²) in [6, 6.07) is 18.9. The molecular weight excluding hydrogens is 508 g/mol. The first kappa shape index (κ1) is 25.9. The number of para-hydroxylation sites is 1. The highest BCUT2D eigenvalue weighted by Gasteiger charge is 2.28. The van der Waals surface area contributed by atoms with E-state index in [1.807, 2.05) is 35.4 Å². The van der Waals surface area contributed by atoms with E-state index in [1.54, 1.807) is 12.1 Å². The van der Waals surface area contributed by atoms with Crippen molar-refractivity contribution in [2.45, 2.75) is 32.2 Å². The van der Waals surface area contributed by atoms with Crippen molar-refractivity contribution in [2.24, 2.45) is 0 Å². The summed E-state index contributed by atoms with van der Waals surface area (Å²) in [5.74, 6) is 1.31. The molecule has 1 aromatic heterocycles. The van der Waals surface area contributed by atoms with E-state index in [4.69, 9.17) is 9.47 Å². The lowest BCUT2D eigenvalue weighted by Crippen LogP contribution is -2.48. The second kappa shape index (κ2) is 11.0. The van der Waals surface area contributed by atoms with Crippen LogP contribution in [0.15, 0.2) is 66.9 Å². The minimum atomic E-state index is -0.383. The number of aromatic amines is 1. The fourth-order valence-corrected chi connectivity index (χ4v) is 5.84. The van der Waals surface area contributed by atoms with Gasteiger partial charge in [0.1, 0.15) is 0 Å². The van der Waals surface area contributed by atoms with Crippen LogP contribution in [0.4, 0.5) is 5.69 Å². The molecule has 40 heavy (non-hydrogen) atoms. The molecule has 3 heterocycles. The monoisotopic (exact) mass is 540 g/mol. The third-order valence-electron chi connectivity index (χ3n) is 8.02. The molecule has 0 aliphatic carbocycles. The molecule has 9 heteroatoms. The molecule has 0 bridgehead atoms. The Morgan fingerprint density at radius 2 is 1.82 bits per heavy atom. The summed E-state index contributed by atoms with van der Waals surface area (Å²) in [5.41, 5.74) is 5.19. The number of carbonyl (C=O) groups is 1. The fraction of sp³-hybridized carbons (Fsp3) is 0.323. The molecule has 1 fully saturated rings. The lowest BCUT2D eigenvalue weighted by molar-refractivity contribution is -0.384. The van der Waals surface area contributed by atoms with Crippen LogP contribution in [-0.2, 0) is 17.8 Å². The van der Waals surface area contributed by atoms with Crippen molar-refractivity contribution < 1.29 is 19.2 Å². The number of nitro groups is 1. The summed E-state index contributed by atoms with van der Waals surface area (Å²) in [4.78, 5) is 32.5. The van der Waals surface area contributed by atoms with Gasteiger partial charge in [-0.2, -0.15) is 0 Å². The molecule has 4 aromatic rings. The van der Waals surface area contributed by atoms with Crippen molar-refractivity contribution in [2.75, 3.05) is 33.0 Å². The molecular formula is C31H32N4O5. The zero-order valence-corrected chi connectivity index (χ0v) is 22.5. The molecule has 1 unspecified atom stereocenters. The van der Waals surface area contributed by atoms with Gasteiger partial charge in [-0.3, -0.25) is 19.8 Å². The van der Waals surface area contributed by atoms with Gasteiger partial charge < -0.3 is 19.4 Å². The summed E-state index contributed by atoms with van der Waals surface area (Å²) in [6.45, 7) is 5.98. The maximum Gasteiger partial charge on any atom is 0.269 e. The van der Waals surface area contributed by atoms with Crippen LogP contribution >= 0.6 is 0 Å². The summed E-state index contributed by atoms with van der Waals surface area (Å²) in [6.07, 6.45) is 3.09. The summed E-state index contributed by atoms with van der Waals surface area (Å²) < 4.78 is 10.9. The average Bonchev–Trinajstić information content (AvgIpc) is 3.63. The molecule has 0 radical (unpaired) electrons. The van der Waals surface area contributed by atoms with Gasteiger partial charge in [0.2, 0.25) is 12.7 Å². The lowest BCUT2D eigenvalue weighted by Gasteiger charge is -2.35. The second-order valence-electron chi connectivity index (χ2n) is 10.4. The van der Waals surface area contributed by atoms with Crippen LogP contribution < -0.4 is 9.47 Å². The molecule has 2 aliphatic rings. The Balaban J connectivity index is 1.19. The minimum Gasteiger partial charge on any atom is -0.454 e. The average molecular weight is 541 g/mol. The second-order valence-corrected chi connectivity index (χ2v) is 10.4. The molecule has 1 N–H and O–H groups in total. The molecule has 1 amide bonds. The maximum atomic E-state index is 13.7. The molecule has 1 atom stereocenters. The van der Waals surface area contributed by atoms with Crippen LogP contribution in [0.1, 0.15) is 41.5 Å². The number of H-pyrrole nitrogens is 1. The van der Waals surface area contributed by atoms with Gasteiger partial charge in [0.15, 0.2) is 11.5 Å². The Hall–Kier alpha value is -4.37. The first-order valence-corrected chi connectivity index (χ1v) is 13.7. The molecule has 0 saturated carbocycles. The topological polar surface area (TPSA) is 101 Å². The number of nitro benzene ring substituents is 1. The van der Waals surface area contributed by atoms with Gasteiger partial charge in [0.05, 0.1) is 4.92 Å². The van der Waals surface area contributed by atoms with Crippen molar-refractivity contribution in [3.8, 4) is 11.5 Å². The quantitative estimate of drug-likeness (QED) is 0.243. The molecule has 3 aromatic carbocycles. The molecule has 206 valence electrons. The van der Waals surface area contributed by atoms with Gasteiger partial charge in [-0.05, 0) is 40.8 Å². The minimum absolute atomic E-state index is 0.0289. The van der Waals surface area contributed by atoms with Gasteiger partial charge in [-0.15, -0.1) is 0 Å². The number of fused-ring (bicyclic) bond motifs is 2. The van der Waals surface area contributed by atoms with Crippen molar-refractivity contribution in [3.05, 3.63) is 99.2 Å². The number of nitrogens with zero attached hydrogens (tertiary/aromatic N) is 3. The van der Waals surface area contributed by atoms with Crippen LogP contribution in [0, 0.1) is 10.1 Å². The van der Waals surface area contributed by atoms with E-state index >= 15 is 0 Å². The zero-order valence-electron chi connectivity index (χ0n) is 22.5. The van der Waals surface area contributed by atoms with Crippen LogP contribution in [0.25, 0.3) is 10.9 Å². The number of non-ortho nitro benzene ring substituents is 1. The number of ether oxygens (including phenoxy) is 2. The highest BCUT2D eigenvalue weighted by Crippen LogP contribution is 2.37. The highest BCUT2D eigenvalue weighted by atomic mass is 16.7. The number of piperazine rings is 1. The third kappa shape index (κ3) is 5.12. The standard InChI is InChI=1S/C31H32N4O5/c1-2-22-5-4-8-25-27(18-32-31(22)25)26(23-6-3-7-24(16-23)35(37)38)17-30(36)34-13-11-33(12-14-34)19-21-9-10-28-29(15-21)40-20-39-28/h3-10,15-16,18,26,32H,2,11-14,17,19-20H2,1H3. The molecule has 2 aliphatic heterocycles. The number of rotatable bonds is 8. The fourth-order valence-electron chi connectivity index (χ4n) is 5.84. The first-order chi connectivity index (χ1) is 19.5. The highest BCUT2D eigenvalue weighted by molar-refractivity contribution is 5.88. The van der Waals surface area contributed by atoms with Crippen molar-refractivity contribution >= 4 is 22.5 Å². The largest absolute Gasteiger partial charge is 0.454 e. The Morgan fingerprint density at radius 3 is 2.62 bits per heavy atom. The predicted octanol–water partition coefficient (Wildman–Crippen LogP) is 5.23. The van der Waals surface area contributed by atoms with Crippen molar-refractivity contribution in [3.63, 3.8) is 0 Å². The normalized spacial score (nSPS) is 15.9. The number of nitrogens with one attached hydrogen (secondary N) is 1. The number of aromatic nitrogens is 1. The van der Waals surface area contributed by atoms with Crippen LogP contribution in [0.3, 0.4) is 0 Å². The molecule has 1 saturated heterocycles. The molecule has 6 rings (SSSR count). The number of amides is 1. The number of hydrogen-bond acceptors (Lipinski definition) is 6. The van der Waals surface area contributed by atoms with E-state index in [9.17, 15) is 14.9 Å². The predicted molar refractivity (Wildman–Crippen MR) is 152 cm³/mol.